The Labute approximate surface area is 162 Å². The van der Waals surface area contributed by atoms with Crippen LogP contribution in [-0.2, 0) is 17.9 Å². The first-order valence-electron chi connectivity index (χ1n) is 8.43. The maximum atomic E-state index is 13.4. The summed E-state index contributed by atoms with van der Waals surface area (Å²) in [5.74, 6) is -1.81. The number of nitrogens with one attached hydrogen (secondary N) is 1. The zero-order valence-corrected chi connectivity index (χ0v) is 14.9. The lowest BCUT2D eigenvalue weighted by atomic mass is 10.2. The minimum Gasteiger partial charge on any atom is -0.324 e. The molecule has 3 aromatic rings. The Kier molecular flexibility index (Phi) is 5.63. The van der Waals surface area contributed by atoms with E-state index in [1.54, 1.807) is 0 Å². The van der Waals surface area contributed by atoms with Gasteiger partial charge in [-0.1, -0.05) is 30.3 Å². The summed E-state index contributed by atoms with van der Waals surface area (Å²) >= 11 is 0. The van der Waals surface area contributed by atoms with E-state index in [0.29, 0.717) is 0 Å². The molecule has 29 heavy (non-hydrogen) atoms. The van der Waals surface area contributed by atoms with Crippen LogP contribution in [0.1, 0.15) is 5.56 Å². The number of amides is 1. The molecule has 2 aromatic carbocycles. The van der Waals surface area contributed by atoms with Gasteiger partial charge in [0.25, 0.3) is 5.56 Å². The van der Waals surface area contributed by atoms with Crippen molar-refractivity contribution in [3.05, 3.63) is 103 Å². The van der Waals surface area contributed by atoms with Crippen LogP contribution in [0, 0.1) is 15.9 Å². The largest absolute Gasteiger partial charge is 0.331 e. The van der Waals surface area contributed by atoms with Crippen molar-refractivity contribution in [3.8, 4) is 0 Å². The maximum absolute atomic E-state index is 13.4. The van der Waals surface area contributed by atoms with Gasteiger partial charge in [-0.25, -0.2) is 4.79 Å². The Balaban J connectivity index is 1.81. The number of benzene rings is 2. The summed E-state index contributed by atoms with van der Waals surface area (Å²) in [6, 6.07) is 13.1. The van der Waals surface area contributed by atoms with Crippen LogP contribution in [0.4, 0.5) is 15.8 Å². The highest BCUT2D eigenvalue weighted by molar-refractivity contribution is 5.90. The monoisotopic (exact) mass is 398 g/mol. The van der Waals surface area contributed by atoms with Crippen molar-refractivity contribution in [3.63, 3.8) is 0 Å². The molecule has 0 bridgehead atoms. The molecule has 10 heteroatoms. The fraction of sp³-hybridized carbons (Fsp3) is 0.105. The van der Waals surface area contributed by atoms with E-state index in [2.05, 4.69) is 5.32 Å². The lowest BCUT2D eigenvalue weighted by Gasteiger charge is -2.10. The average Bonchev–Trinajstić information content (AvgIpc) is 2.69. The molecular weight excluding hydrogens is 383 g/mol. The van der Waals surface area contributed by atoms with E-state index in [9.17, 15) is 28.9 Å². The average molecular weight is 398 g/mol. The van der Waals surface area contributed by atoms with Crippen molar-refractivity contribution >= 4 is 17.3 Å². The topological polar surface area (TPSA) is 116 Å². The van der Waals surface area contributed by atoms with Crippen LogP contribution in [0.25, 0.3) is 0 Å². The molecule has 0 aliphatic heterocycles. The first-order chi connectivity index (χ1) is 13.8. The van der Waals surface area contributed by atoms with Crippen molar-refractivity contribution in [2.45, 2.75) is 13.1 Å². The van der Waals surface area contributed by atoms with Gasteiger partial charge >= 0.3 is 11.4 Å². The fourth-order valence-electron chi connectivity index (χ4n) is 2.68. The van der Waals surface area contributed by atoms with E-state index >= 15 is 0 Å². The maximum Gasteiger partial charge on any atom is 0.331 e. The SMILES string of the molecule is O=C(Cn1c(=O)ccn(Cc2ccccc2)c1=O)Nc1ccc(F)c([N+](=O)[O-])c1. The summed E-state index contributed by atoms with van der Waals surface area (Å²) in [4.78, 5) is 46.7. The molecule has 0 radical (unpaired) electrons. The molecule has 148 valence electrons. The molecule has 9 nitrogen and oxygen atoms in total. The highest BCUT2D eigenvalue weighted by Crippen LogP contribution is 2.21. The van der Waals surface area contributed by atoms with Crippen molar-refractivity contribution in [2.24, 2.45) is 0 Å². The lowest BCUT2D eigenvalue weighted by molar-refractivity contribution is -0.387. The number of nitro groups is 1. The predicted molar refractivity (Wildman–Crippen MR) is 102 cm³/mol. The standard InChI is InChI=1S/C19H15FN4O5/c20-15-7-6-14(10-16(15)24(28)29)21-17(25)12-23-18(26)8-9-22(19(23)27)11-13-4-2-1-3-5-13/h1-10H,11-12H2,(H,21,25). The van der Waals surface area contributed by atoms with Gasteiger partial charge < -0.3 is 5.32 Å². The van der Waals surface area contributed by atoms with Crippen LogP contribution in [0.15, 0.2) is 70.4 Å². The molecule has 3 rings (SSSR count). The number of anilines is 1. The summed E-state index contributed by atoms with van der Waals surface area (Å²) in [6.07, 6.45) is 1.34. The second-order valence-electron chi connectivity index (χ2n) is 6.11. The van der Waals surface area contributed by atoms with E-state index in [1.807, 2.05) is 30.3 Å². The molecular formula is C19H15FN4O5. The summed E-state index contributed by atoms with van der Waals surface area (Å²) < 4.78 is 15.4. The second-order valence-corrected chi connectivity index (χ2v) is 6.11. The highest BCUT2D eigenvalue weighted by atomic mass is 19.1. The number of nitrogens with zero attached hydrogens (tertiary/aromatic N) is 3. The van der Waals surface area contributed by atoms with Gasteiger partial charge in [0.2, 0.25) is 11.7 Å². The Hall–Kier alpha value is -4.08. The number of carbonyl (C=O) groups excluding carboxylic acids is 1. The first-order valence-corrected chi connectivity index (χ1v) is 8.43. The van der Waals surface area contributed by atoms with Gasteiger partial charge in [-0.2, -0.15) is 4.39 Å². The van der Waals surface area contributed by atoms with E-state index in [0.717, 1.165) is 28.3 Å². The fourth-order valence-corrected chi connectivity index (χ4v) is 2.68. The Morgan fingerprint density at radius 3 is 2.52 bits per heavy atom. The quantitative estimate of drug-likeness (QED) is 0.502. The van der Waals surface area contributed by atoms with Crippen LogP contribution in [-0.4, -0.2) is 20.0 Å². The third-order valence-corrected chi connectivity index (χ3v) is 4.06. The molecule has 0 fully saturated rings. The van der Waals surface area contributed by atoms with Crippen LogP contribution >= 0.6 is 0 Å². The summed E-state index contributed by atoms with van der Waals surface area (Å²) in [5.41, 5.74) is -1.34. The van der Waals surface area contributed by atoms with E-state index in [-0.39, 0.29) is 12.2 Å². The molecule has 0 saturated heterocycles. The number of halogens is 1. The number of aromatic nitrogens is 2. The van der Waals surface area contributed by atoms with E-state index in [1.165, 1.54) is 16.8 Å². The minimum atomic E-state index is -1.05. The third-order valence-electron chi connectivity index (χ3n) is 4.06. The third kappa shape index (κ3) is 4.61. The highest BCUT2D eigenvalue weighted by Gasteiger charge is 2.16. The van der Waals surface area contributed by atoms with Gasteiger partial charge in [-0.05, 0) is 17.7 Å². The minimum absolute atomic E-state index is 0.0308. The van der Waals surface area contributed by atoms with Gasteiger partial charge in [0.05, 0.1) is 11.5 Å². The summed E-state index contributed by atoms with van der Waals surface area (Å²) in [7, 11) is 0. The van der Waals surface area contributed by atoms with Crippen LogP contribution in [0.5, 0.6) is 0 Å². The number of hydrogen-bond acceptors (Lipinski definition) is 5. The van der Waals surface area contributed by atoms with Crippen molar-refractivity contribution in [1.29, 1.82) is 0 Å². The normalized spacial score (nSPS) is 10.5. The Morgan fingerprint density at radius 2 is 1.83 bits per heavy atom. The van der Waals surface area contributed by atoms with E-state index in [4.69, 9.17) is 0 Å². The number of nitro benzene ring substituents is 1. The molecule has 0 spiro atoms. The van der Waals surface area contributed by atoms with Crippen molar-refractivity contribution < 1.29 is 14.1 Å². The molecule has 1 aromatic heterocycles. The molecule has 0 aliphatic rings. The molecule has 1 amide bonds. The zero-order chi connectivity index (χ0) is 21.0. The van der Waals surface area contributed by atoms with Gasteiger partial charge in [0, 0.05) is 24.0 Å². The summed E-state index contributed by atoms with van der Waals surface area (Å²) in [6.45, 7) is -0.385. The smallest absolute Gasteiger partial charge is 0.324 e. The Morgan fingerprint density at radius 1 is 1.10 bits per heavy atom. The molecule has 1 heterocycles. The first kappa shape index (κ1) is 19.7. The predicted octanol–water partition coefficient (Wildman–Crippen LogP) is 1.74. The van der Waals surface area contributed by atoms with Crippen LogP contribution in [0.3, 0.4) is 0 Å². The number of carbonyl (C=O) groups is 1. The van der Waals surface area contributed by atoms with Gasteiger partial charge in [0.1, 0.15) is 6.54 Å². The van der Waals surface area contributed by atoms with Gasteiger partial charge in [-0.3, -0.25) is 28.8 Å². The lowest BCUT2D eigenvalue weighted by Crippen LogP contribution is -2.41. The number of rotatable bonds is 6. The number of hydrogen-bond donors (Lipinski definition) is 1. The summed E-state index contributed by atoms with van der Waals surface area (Å²) in [5, 5.41) is 13.1. The second kappa shape index (κ2) is 8.30. The van der Waals surface area contributed by atoms with E-state index < -0.39 is 40.1 Å². The van der Waals surface area contributed by atoms with Gasteiger partial charge in [0.15, 0.2) is 0 Å². The van der Waals surface area contributed by atoms with Gasteiger partial charge in [-0.15, -0.1) is 0 Å². The van der Waals surface area contributed by atoms with Crippen molar-refractivity contribution in [1.82, 2.24) is 9.13 Å². The molecule has 0 saturated carbocycles. The molecule has 0 unspecified atom stereocenters. The molecule has 0 atom stereocenters. The van der Waals surface area contributed by atoms with Crippen LogP contribution < -0.4 is 16.6 Å². The van der Waals surface area contributed by atoms with Crippen LogP contribution in [0.2, 0.25) is 0 Å². The molecule has 0 aliphatic carbocycles. The van der Waals surface area contributed by atoms with Crippen molar-refractivity contribution in [2.75, 3.05) is 5.32 Å². The Bertz CT molecular complexity index is 1190. The molecule has 1 N–H and O–H groups in total. The zero-order valence-electron chi connectivity index (χ0n) is 14.9.